The summed E-state index contributed by atoms with van der Waals surface area (Å²) in [6.07, 6.45) is 0. The van der Waals surface area contributed by atoms with E-state index in [0.717, 1.165) is 50.9 Å². The van der Waals surface area contributed by atoms with Crippen molar-refractivity contribution in [2.75, 3.05) is 5.32 Å². The lowest BCUT2D eigenvalue weighted by Gasteiger charge is -2.27. The van der Waals surface area contributed by atoms with Gasteiger partial charge in [-0.15, -0.1) is 0 Å². The van der Waals surface area contributed by atoms with Gasteiger partial charge in [0.05, 0.1) is 27.8 Å². The highest BCUT2D eigenvalue weighted by molar-refractivity contribution is 6.32. The highest BCUT2D eigenvalue weighted by Gasteiger charge is 2.30. The number of fused-ring (bicyclic) bond motifs is 10. The third-order valence-corrected chi connectivity index (χ3v) is 8.94. The standard InChI is InChI=1S/C38H24N4O/c1-2-12-23(13-3-1)36-24-14-4-7-17-27(24)39-38(40-36)42-29-19-9-5-15-25(29)34-31(42)22-33-37-35(34)26-16-6-8-18-28(26)41(37)30-20-10-11-21-32(30)43-33/h1-22,36H,(H,39,40). The van der Waals surface area contributed by atoms with E-state index in [1.54, 1.807) is 0 Å². The van der Waals surface area contributed by atoms with Crippen LogP contribution in [0.1, 0.15) is 17.2 Å². The largest absolute Gasteiger partial charge is 0.453 e. The van der Waals surface area contributed by atoms with Gasteiger partial charge in [-0.2, -0.15) is 0 Å². The molecule has 0 saturated carbocycles. The van der Waals surface area contributed by atoms with Gasteiger partial charge in [0.2, 0.25) is 5.96 Å². The van der Waals surface area contributed by atoms with Crippen molar-refractivity contribution in [1.29, 1.82) is 0 Å². The second-order valence-corrected chi connectivity index (χ2v) is 11.2. The van der Waals surface area contributed by atoms with Gasteiger partial charge in [-0.05, 0) is 35.9 Å². The summed E-state index contributed by atoms with van der Waals surface area (Å²) in [4.78, 5) is 5.41. The number of ether oxygens (including phenoxy) is 1. The number of para-hydroxylation sites is 5. The van der Waals surface area contributed by atoms with Crippen LogP contribution in [0, 0.1) is 0 Å². The van der Waals surface area contributed by atoms with Crippen molar-refractivity contribution in [2.24, 2.45) is 4.99 Å². The molecule has 0 radical (unpaired) electrons. The lowest BCUT2D eigenvalue weighted by atomic mass is 9.96. The fraction of sp³-hybridized carbons (Fsp3) is 0.0263. The predicted octanol–water partition coefficient (Wildman–Crippen LogP) is 9.42. The minimum Gasteiger partial charge on any atom is -0.453 e. The summed E-state index contributed by atoms with van der Waals surface area (Å²) in [5, 5.41) is 8.50. The maximum absolute atomic E-state index is 6.68. The summed E-state index contributed by atoms with van der Waals surface area (Å²) in [6.45, 7) is 0. The zero-order valence-corrected chi connectivity index (χ0v) is 23.0. The van der Waals surface area contributed by atoms with Crippen molar-refractivity contribution in [2.45, 2.75) is 6.04 Å². The number of anilines is 1. The van der Waals surface area contributed by atoms with Crippen LogP contribution in [0.15, 0.2) is 138 Å². The molecule has 2 aromatic heterocycles. The first kappa shape index (κ1) is 22.8. The summed E-state index contributed by atoms with van der Waals surface area (Å²) in [5.41, 5.74) is 8.88. The lowest BCUT2D eigenvalue weighted by molar-refractivity contribution is 0.477. The lowest BCUT2D eigenvalue weighted by Crippen LogP contribution is -2.27. The van der Waals surface area contributed by atoms with Gasteiger partial charge >= 0.3 is 0 Å². The Bertz CT molecular complexity index is 2470. The van der Waals surface area contributed by atoms with Gasteiger partial charge in [0.1, 0.15) is 6.04 Å². The summed E-state index contributed by atoms with van der Waals surface area (Å²) in [7, 11) is 0. The summed E-state index contributed by atoms with van der Waals surface area (Å²) >= 11 is 0. The average Bonchev–Trinajstić information content (AvgIpc) is 3.59. The normalized spacial score (nSPS) is 15.3. The number of hydrogen-bond donors (Lipinski definition) is 1. The Labute approximate surface area is 246 Å². The maximum atomic E-state index is 6.68. The number of aliphatic imine (C=N–C) groups is 1. The van der Waals surface area contributed by atoms with Crippen LogP contribution in [0.4, 0.5) is 5.69 Å². The molecule has 1 N–H and O–H groups in total. The van der Waals surface area contributed by atoms with Crippen molar-refractivity contribution in [3.8, 4) is 17.2 Å². The van der Waals surface area contributed by atoms with Gasteiger partial charge in [-0.3, -0.25) is 4.57 Å². The quantitative estimate of drug-likeness (QED) is 0.220. The van der Waals surface area contributed by atoms with Crippen molar-refractivity contribution in [3.05, 3.63) is 145 Å². The van der Waals surface area contributed by atoms with Crippen molar-refractivity contribution in [1.82, 2.24) is 9.13 Å². The van der Waals surface area contributed by atoms with E-state index in [9.17, 15) is 0 Å². The third kappa shape index (κ3) is 3.03. The zero-order valence-electron chi connectivity index (χ0n) is 23.0. The molecular formula is C38H24N4O. The third-order valence-electron chi connectivity index (χ3n) is 8.94. The molecule has 0 aliphatic carbocycles. The van der Waals surface area contributed by atoms with E-state index in [1.807, 2.05) is 12.1 Å². The Balaban J connectivity index is 1.35. The van der Waals surface area contributed by atoms with Gasteiger partial charge in [0, 0.05) is 38.9 Å². The van der Waals surface area contributed by atoms with E-state index in [0.29, 0.717) is 0 Å². The van der Waals surface area contributed by atoms with Crippen molar-refractivity contribution in [3.63, 3.8) is 0 Å². The number of benzene rings is 6. The Morgan fingerprint density at radius 1 is 0.581 bits per heavy atom. The molecule has 6 aromatic carbocycles. The van der Waals surface area contributed by atoms with Crippen LogP contribution in [0.3, 0.4) is 0 Å². The molecule has 2 aliphatic heterocycles. The summed E-state index contributed by atoms with van der Waals surface area (Å²) in [6, 6.07) is 46.7. The van der Waals surface area contributed by atoms with Crippen LogP contribution in [0.25, 0.3) is 49.3 Å². The first-order valence-corrected chi connectivity index (χ1v) is 14.6. The van der Waals surface area contributed by atoms with Crippen LogP contribution >= 0.6 is 0 Å². The second kappa shape index (κ2) is 8.37. The molecule has 1 atom stereocenters. The highest BCUT2D eigenvalue weighted by Crippen LogP contribution is 2.50. The number of rotatable bonds is 1. The molecule has 0 spiro atoms. The Hall–Kier alpha value is -5.81. The van der Waals surface area contributed by atoms with E-state index in [1.165, 1.54) is 32.6 Å². The molecular weight excluding hydrogens is 528 g/mol. The van der Waals surface area contributed by atoms with E-state index in [2.05, 4.69) is 136 Å². The summed E-state index contributed by atoms with van der Waals surface area (Å²) in [5.74, 6) is 2.49. The number of aromatic nitrogens is 2. The smallest absolute Gasteiger partial charge is 0.208 e. The molecule has 202 valence electrons. The van der Waals surface area contributed by atoms with Crippen molar-refractivity contribution < 1.29 is 4.74 Å². The molecule has 4 heterocycles. The van der Waals surface area contributed by atoms with Crippen LogP contribution in [0.2, 0.25) is 0 Å². The first-order valence-electron chi connectivity index (χ1n) is 14.6. The second-order valence-electron chi connectivity index (χ2n) is 11.2. The van der Waals surface area contributed by atoms with E-state index >= 15 is 0 Å². The molecule has 0 bridgehead atoms. The topological polar surface area (TPSA) is 43.5 Å². The van der Waals surface area contributed by atoms with Gasteiger partial charge in [-0.1, -0.05) is 97.1 Å². The molecule has 5 heteroatoms. The van der Waals surface area contributed by atoms with E-state index < -0.39 is 0 Å². The molecule has 0 saturated heterocycles. The first-order chi connectivity index (χ1) is 21.3. The van der Waals surface area contributed by atoms with Crippen LogP contribution in [0.5, 0.6) is 11.5 Å². The van der Waals surface area contributed by atoms with Crippen LogP contribution in [-0.2, 0) is 0 Å². The average molecular weight is 553 g/mol. The minimum absolute atomic E-state index is 0.128. The maximum Gasteiger partial charge on any atom is 0.208 e. The SMILES string of the molecule is c1ccc(C2N=C(n3c4ccccc4c4c5c6ccccc6n6c5c(cc43)Oc3ccccc3-6)Nc3ccccc32)cc1. The summed E-state index contributed by atoms with van der Waals surface area (Å²) < 4.78 is 11.3. The molecule has 0 amide bonds. The van der Waals surface area contributed by atoms with Gasteiger partial charge < -0.3 is 14.6 Å². The number of nitrogens with one attached hydrogen (secondary N) is 1. The predicted molar refractivity (Wildman–Crippen MR) is 175 cm³/mol. The Kier molecular flexibility index (Phi) is 4.44. The zero-order chi connectivity index (χ0) is 28.1. The molecule has 43 heavy (non-hydrogen) atoms. The minimum atomic E-state index is -0.128. The van der Waals surface area contributed by atoms with Crippen LogP contribution in [-0.4, -0.2) is 15.1 Å². The van der Waals surface area contributed by atoms with Crippen molar-refractivity contribution >= 4 is 55.3 Å². The molecule has 2 aliphatic rings. The monoisotopic (exact) mass is 552 g/mol. The molecule has 1 unspecified atom stereocenters. The fourth-order valence-corrected chi connectivity index (χ4v) is 7.18. The molecule has 5 nitrogen and oxygen atoms in total. The number of nitrogens with zero attached hydrogens (tertiary/aromatic N) is 3. The van der Waals surface area contributed by atoms with E-state index in [-0.39, 0.29) is 6.04 Å². The van der Waals surface area contributed by atoms with Gasteiger partial charge in [-0.25, -0.2) is 4.99 Å². The molecule has 0 fully saturated rings. The molecule has 10 rings (SSSR count). The molecule has 8 aromatic rings. The Morgan fingerprint density at radius 2 is 1.26 bits per heavy atom. The van der Waals surface area contributed by atoms with E-state index in [4.69, 9.17) is 9.73 Å². The van der Waals surface area contributed by atoms with Gasteiger partial charge in [0.15, 0.2) is 11.5 Å². The van der Waals surface area contributed by atoms with Gasteiger partial charge in [0.25, 0.3) is 0 Å². The Morgan fingerprint density at radius 3 is 2.12 bits per heavy atom. The fourth-order valence-electron chi connectivity index (χ4n) is 7.18. The van der Waals surface area contributed by atoms with Crippen LogP contribution < -0.4 is 10.1 Å². The number of hydrogen-bond acceptors (Lipinski definition) is 3. The highest BCUT2D eigenvalue weighted by atomic mass is 16.5.